The highest BCUT2D eigenvalue weighted by atomic mass is 19.1. The second kappa shape index (κ2) is 6.30. The van der Waals surface area contributed by atoms with Gasteiger partial charge in [-0.25, -0.2) is 4.39 Å². The van der Waals surface area contributed by atoms with Gasteiger partial charge in [0.2, 0.25) is 0 Å². The minimum Gasteiger partial charge on any atom is -0.376 e. The maximum Gasteiger partial charge on any atom is 0.181 e. The maximum atomic E-state index is 13.0. The van der Waals surface area contributed by atoms with Crippen molar-refractivity contribution < 1.29 is 13.9 Å². The molecule has 0 saturated carbocycles. The molecule has 4 heteroatoms. The Labute approximate surface area is 96.9 Å². The third-order valence-corrected chi connectivity index (χ3v) is 3.10. The van der Waals surface area contributed by atoms with Crippen molar-refractivity contribution >= 4 is 5.78 Å². The lowest BCUT2D eigenvalue weighted by atomic mass is 10.2. The van der Waals surface area contributed by atoms with Crippen LogP contribution in [0.1, 0.15) is 33.6 Å². The number of hydrogen-bond donors (Lipinski definition) is 0. The minimum atomic E-state index is -1.46. The first kappa shape index (κ1) is 13.6. The summed E-state index contributed by atoms with van der Waals surface area (Å²) in [5.74, 6) is -0.452. The van der Waals surface area contributed by atoms with Crippen molar-refractivity contribution in [2.24, 2.45) is 0 Å². The van der Waals surface area contributed by atoms with Crippen LogP contribution in [-0.2, 0) is 9.53 Å². The van der Waals surface area contributed by atoms with E-state index >= 15 is 0 Å². The molecule has 3 nitrogen and oxygen atoms in total. The fourth-order valence-electron chi connectivity index (χ4n) is 2.14. The lowest BCUT2D eigenvalue weighted by Crippen LogP contribution is -2.38. The van der Waals surface area contributed by atoms with E-state index < -0.39 is 12.0 Å². The van der Waals surface area contributed by atoms with E-state index in [9.17, 15) is 9.18 Å². The molecule has 16 heavy (non-hydrogen) atoms. The number of alkyl halides is 1. The molecular weight excluding hydrogens is 209 g/mol. The highest BCUT2D eigenvalue weighted by Gasteiger charge is 2.26. The molecule has 1 rings (SSSR count). The SMILES string of the molecule is CC(=O)C(F)COC[C@@H]1CCCN1C(C)C. The molecule has 0 aromatic heterocycles. The van der Waals surface area contributed by atoms with Gasteiger partial charge >= 0.3 is 0 Å². The molecule has 0 amide bonds. The summed E-state index contributed by atoms with van der Waals surface area (Å²) in [6, 6.07) is 0.893. The van der Waals surface area contributed by atoms with Crippen LogP contribution in [0.3, 0.4) is 0 Å². The number of hydrogen-bond acceptors (Lipinski definition) is 3. The Morgan fingerprint density at radius 2 is 2.25 bits per heavy atom. The van der Waals surface area contributed by atoms with Gasteiger partial charge in [0.1, 0.15) is 0 Å². The fraction of sp³-hybridized carbons (Fsp3) is 0.917. The number of ketones is 1. The summed E-state index contributed by atoms with van der Waals surface area (Å²) in [6.45, 7) is 7.10. The zero-order valence-corrected chi connectivity index (χ0v) is 10.4. The molecule has 0 radical (unpaired) electrons. The van der Waals surface area contributed by atoms with E-state index in [0.29, 0.717) is 18.7 Å². The van der Waals surface area contributed by atoms with E-state index in [4.69, 9.17) is 4.74 Å². The van der Waals surface area contributed by atoms with Crippen molar-refractivity contribution in [2.75, 3.05) is 19.8 Å². The molecule has 0 aromatic carbocycles. The zero-order chi connectivity index (χ0) is 12.1. The van der Waals surface area contributed by atoms with Gasteiger partial charge in [-0.3, -0.25) is 9.69 Å². The number of halogens is 1. The quantitative estimate of drug-likeness (QED) is 0.698. The van der Waals surface area contributed by atoms with E-state index in [1.807, 2.05) is 0 Å². The number of carbonyl (C=O) groups excluding carboxylic acids is 1. The van der Waals surface area contributed by atoms with Gasteiger partial charge in [-0.1, -0.05) is 0 Å². The molecule has 0 spiro atoms. The third-order valence-electron chi connectivity index (χ3n) is 3.10. The summed E-state index contributed by atoms with van der Waals surface area (Å²) in [4.78, 5) is 13.1. The van der Waals surface area contributed by atoms with Gasteiger partial charge in [0.15, 0.2) is 12.0 Å². The molecule has 1 fully saturated rings. The largest absolute Gasteiger partial charge is 0.376 e. The van der Waals surface area contributed by atoms with Gasteiger partial charge in [0.05, 0.1) is 13.2 Å². The number of nitrogens with zero attached hydrogens (tertiary/aromatic N) is 1. The Kier molecular flexibility index (Phi) is 5.35. The van der Waals surface area contributed by atoms with Crippen LogP contribution in [0.2, 0.25) is 0 Å². The zero-order valence-electron chi connectivity index (χ0n) is 10.4. The van der Waals surface area contributed by atoms with Crippen LogP contribution in [0.5, 0.6) is 0 Å². The van der Waals surface area contributed by atoms with E-state index in [2.05, 4.69) is 18.7 Å². The molecule has 0 N–H and O–H groups in total. The molecule has 1 aliphatic heterocycles. The van der Waals surface area contributed by atoms with Crippen molar-refractivity contribution in [3.63, 3.8) is 0 Å². The van der Waals surface area contributed by atoms with Crippen LogP contribution >= 0.6 is 0 Å². The molecule has 1 heterocycles. The first-order valence-corrected chi connectivity index (χ1v) is 6.00. The molecule has 1 unspecified atom stereocenters. The first-order valence-electron chi connectivity index (χ1n) is 6.00. The van der Waals surface area contributed by atoms with Crippen molar-refractivity contribution in [1.29, 1.82) is 0 Å². The second-order valence-corrected chi connectivity index (χ2v) is 4.74. The summed E-state index contributed by atoms with van der Waals surface area (Å²) in [5.41, 5.74) is 0. The molecule has 1 aliphatic rings. The predicted octanol–water partition coefficient (Wildman–Crippen LogP) is 1.80. The van der Waals surface area contributed by atoms with Crippen molar-refractivity contribution in [2.45, 2.75) is 51.9 Å². The lowest BCUT2D eigenvalue weighted by molar-refractivity contribution is -0.124. The van der Waals surface area contributed by atoms with Gasteiger partial charge < -0.3 is 4.74 Å². The van der Waals surface area contributed by atoms with Crippen LogP contribution in [0, 0.1) is 0 Å². The third kappa shape index (κ3) is 3.83. The van der Waals surface area contributed by atoms with Gasteiger partial charge in [0, 0.05) is 12.1 Å². The predicted molar refractivity (Wildman–Crippen MR) is 61.3 cm³/mol. The Morgan fingerprint density at radius 3 is 2.81 bits per heavy atom. The second-order valence-electron chi connectivity index (χ2n) is 4.74. The maximum absolute atomic E-state index is 13.0. The molecule has 0 aromatic rings. The smallest absolute Gasteiger partial charge is 0.181 e. The Bertz CT molecular complexity index is 233. The van der Waals surface area contributed by atoms with Crippen LogP contribution in [0.25, 0.3) is 0 Å². The first-order chi connectivity index (χ1) is 7.52. The summed E-state index contributed by atoms with van der Waals surface area (Å²) in [5, 5.41) is 0. The van der Waals surface area contributed by atoms with E-state index in [0.717, 1.165) is 13.0 Å². The number of rotatable bonds is 6. The average Bonchev–Trinajstić information content (AvgIpc) is 2.65. The Morgan fingerprint density at radius 1 is 1.56 bits per heavy atom. The van der Waals surface area contributed by atoms with E-state index in [1.54, 1.807) is 0 Å². The van der Waals surface area contributed by atoms with Crippen molar-refractivity contribution in [3.05, 3.63) is 0 Å². The average molecular weight is 231 g/mol. The summed E-state index contributed by atoms with van der Waals surface area (Å²) in [6.07, 6.45) is 0.821. The number of carbonyl (C=O) groups is 1. The standard InChI is InChI=1S/C12H22FNO2/c1-9(2)14-6-4-5-11(14)7-16-8-12(13)10(3)15/h9,11-12H,4-8H2,1-3H3/t11-,12?/m0/s1. The molecule has 94 valence electrons. The topological polar surface area (TPSA) is 29.5 Å². The Balaban J connectivity index is 2.24. The normalized spacial score (nSPS) is 23.9. The highest BCUT2D eigenvalue weighted by Crippen LogP contribution is 2.20. The number of ether oxygens (including phenoxy) is 1. The van der Waals surface area contributed by atoms with Crippen LogP contribution < -0.4 is 0 Å². The highest BCUT2D eigenvalue weighted by molar-refractivity contribution is 5.80. The molecule has 0 bridgehead atoms. The fourth-order valence-corrected chi connectivity index (χ4v) is 2.14. The summed E-state index contributed by atoms with van der Waals surface area (Å²) >= 11 is 0. The van der Waals surface area contributed by atoms with Crippen LogP contribution in [0.4, 0.5) is 4.39 Å². The Hall–Kier alpha value is -0.480. The summed E-state index contributed by atoms with van der Waals surface area (Å²) < 4.78 is 18.3. The minimum absolute atomic E-state index is 0.0994. The summed E-state index contributed by atoms with van der Waals surface area (Å²) in [7, 11) is 0. The lowest BCUT2D eigenvalue weighted by Gasteiger charge is -2.28. The van der Waals surface area contributed by atoms with Crippen LogP contribution in [0.15, 0.2) is 0 Å². The monoisotopic (exact) mass is 231 g/mol. The molecule has 2 atom stereocenters. The van der Waals surface area contributed by atoms with Gasteiger partial charge in [-0.15, -0.1) is 0 Å². The van der Waals surface area contributed by atoms with Gasteiger partial charge in [-0.2, -0.15) is 0 Å². The van der Waals surface area contributed by atoms with Gasteiger partial charge in [-0.05, 0) is 40.2 Å². The molecule has 1 saturated heterocycles. The van der Waals surface area contributed by atoms with Crippen molar-refractivity contribution in [3.8, 4) is 0 Å². The molecular formula is C12H22FNO2. The number of likely N-dealkylation sites (tertiary alicyclic amines) is 1. The van der Waals surface area contributed by atoms with Crippen LogP contribution in [-0.4, -0.2) is 48.7 Å². The van der Waals surface area contributed by atoms with Crippen molar-refractivity contribution in [1.82, 2.24) is 4.90 Å². The molecule has 0 aliphatic carbocycles. The van der Waals surface area contributed by atoms with Gasteiger partial charge in [0.25, 0.3) is 0 Å². The number of Topliss-reactive ketones (excluding diaryl/α,β-unsaturated/α-hetero) is 1. The van der Waals surface area contributed by atoms with E-state index in [-0.39, 0.29) is 6.61 Å². The van der Waals surface area contributed by atoms with E-state index in [1.165, 1.54) is 13.3 Å².